The van der Waals surface area contributed by atoms with E-state index in [4.69, 9.17) is 4.74 Å². The Hall–Kier alpha value is -3.53. The summed E-state index contributed by atoms with van der Waals surface area (Å²) in [7, 11) is 0. The van der Waals surface area contributed by atoms with Crippen molar-refractivity contribution >= 4 is 27.5 Å². The monoisotopic (exact) mass is 330 g/mol. The number of phenolic OH excluding ortho intramolecular Hbond substituents is 2. The second kappa shape index (κ2) is 5.83. The molecule has 4 nitrogen and oxygen atoms in total. The van der Waals surface area contributed by atoms with Crippen molar-refractivity contribution in [2.75, 3.05) is 0 Å². The fraction of sp³-hybridized carbons (Fsp3) is 0. The molecule has 0 amide bonds. The standard InChI is InChI=1S/C21H14O4/c22-17-7-6-13-10-16(5-4-14(13)11-17)21(24)25-20-3-1-2-15-12-18(23)8-9-19(15)20/h1-12,22-23H. The molecule has 0 bridgehead atoms. The van der Waals surface area contributed by atoms with Crippen molar-refractivity contribution in [2.24, 2.45) is 0 Å². The topological polar surface area (TPSA) is 66.8 Å². The third-order valence-electron chi connectivity index (χ3n) is 4.09. The van der Waals surface area contributed by atoms with Crippen LogP contribution in [0.4, 0.5) is 0 Å². The molecular weight excluding hydrogens is 316 g/mol. The van der Waals surface area contributed by atoms with E-state index in [0.29, 0.717) is 11.3 Å². The highest BCUT2D eigenvalue weighted by atomic mass is 16.5. The van der Waals surface area contributed by atoms with Crippen LogP contribution in [0.2, 0.25) is 0 Å². The lowest BCUT2D eigenvalue weighted by atomic mass is 10.1. The van der Waals surface area contributed by atoms with Gasteiger partial charge in [0.25, 0.3) is 0 Å². The number of rotatable bonds is 2. The molecule has 0 saturated heterocycles. The van der Waals surface area contributed by atoms with Crippen molar-refractivity contribution in [3.05, 3.63) is 78.4 Å². The van der Waals surface area contributed by atoms with Crippen LogP contribution in [0.25, 0.3) is 21.5 Å². The number of phenols is 2. The fourth-order valence-electron chi connectivity index (χ4n) is 2.85. The lowest BCUT2D eigenvalue weighted by Crippen LogP contribution is -2.08. The third kappa shape index (κ3) is 2.85. The summed E-state index contributed by atoms with van der Waals surface area (Å²) in [6.07, 6.45) is 0. The highest BCUT2D eigenvalue weighted by molar-refractivity contribution is 5.99. The van der Waals surface area contributed by atoms with E-state index in [2.05, 4.69) is 0 Å². The van der Waals surface area contributed by atoms with Gasteiger partial charge in [-0.1, -0.05) is 24.3 Å². The Labute approximate surface area is 143 Å². The number of hydrogen-bond acceptors (Lipinski definition) is 4. The Bertz CT molecular complexity index is 1120. The summed E-state index contributed by atoms with van der Waals surface area (Å²) in [4.78, 5) is 12.5. The first-order chi connectivity index (χ1) is 12.1. The summed E-state index contributed by atoms with van der Waals surface area (Å²) in [6, 6.07) is 20.4. The quantitative estimate of drug-likeness (QED) is 0.415. The number of aromatic hydroxyl groups is 2. The summed E-state index contributed by atoms with van der Waals surface area (Å²) in [5.41, 5.74) is 0.425. The number of carbonyl (C=O) groups is 1. The molecule has 0 atom stereocenters. The van der Waals surface area contributed by atoms with Crippen LogP contribution in [0.5, 0.6) is 17.2 Å². The van der Waals surface area contributed by atoms with E-state index in [0.717, 1.165) is 21.5 Å². The van der Waals surface area contributed by atoms with Gasteiger partial charge < -0.3 is 14.9 Å². The van der Waals surface area contributed by atoms with Crippen LogP contribution >= 0.6 is 0 Å². The predicted octanol–water partition coefficient (Wildman–Crippen LogP) is 4.62. The molecule has 4 rings (SSSR count). The van der Waals surface area contributed by atoms with Gasteiger partial charge in [0.1, 0.15) is 17.2 Å². The fourth-order valence-corrected chi connectivity index (χ4v) is 2.85. The zero-order valence-electron chi connectivity index (χ0n) is 13.1. The highest BCUT2D eigenvalue weighted by Crippen LogP contribution is 2.29. The zero-order chi connectivity index (χ0) is 17.4. The summed E-state index contributed by atoms with van der Waals surface area (Å²) in [5, 5.41) is 22.3. The molecule has 0 heterocycles. The number of esters is 1. The number of benzene rings is 4. The molecular formula is C21H14O4. The van der Waals surface area contributed by atoms with E-state index in [1.807, 2.05) is 6.07 Å². The first kappa shape index (κ1) is 15.0. The van der Waals surface area contributed by atoms with Crippen molar-refractivity contribution in [3.63, 3.8) is 0 Å². The molecule has 25 heavy (non-hydrogen) atoms. The molecule has 0 radical (unpaired) electrons. The largest absolute Gasteiger partial charge is 0.508 e. The molecule has 0 saturated carbocycles. The van der Waals surface area contributed by atoms with Gasteiger partial charge in [-0.15, -0.1) is 0 Å². The molecule has 0 unspecified atom stereocenters. The number of hydrogen-bond donors (Lipinski definition) is 2. The molecule has 122 valence electrons. The van der Waals surface area contributed by atoms with Gasteiger partial charge in [-0.2, -0.15) is 0 Å². The molecule has 0 aliphatic rings. The SMILES string of the molecule is O=C(Oc1cccc2cc(O)ccc12)c1ccc2cc(O)ccc2c1. The van der Waals surface area contributed by atoms with Crippen LogP contribution in [0.3, 0.4) is 0 Å². The van der Waals surface area contributed by atoms with Gasteiger partial charge in [-0.25, -0.2) is 4.79 Å². The average molecular weight is 330 g/mol. The third-order valence-corrected chi connectivity index (χ3v) is 4.09. The second-order valence-corrected chi connectivity index (χ2v) is 5.80. The maximum absolute atomic E-state index is 12.5. The molecule has 4 aromatic carbocycles. The van der Waals surface area contributed by atoms with Gasteiger partial charge in [0.2, 0.25) is 0 Å². The van der Waals surface area contributed by atoms with Gasteiger partial charge >= 0.3 is 5.97 Å². The Kier molecular flexibility index (Phi) is 3.51. The lowest BCUT2D eigenvalue weighted by Gasteiger charge is -2.09. The Balaban J connectivity index is 1.69. The van der Waals surface area contributed by atoms with Crippen LogP contribution in [0, 0.1) is 0 Å². The van der Waals surface area contributed by atoms with Crippen molar-refractivity contribution in [2.45, 2.75) is 0 Å². The molecule has 0 spiro atoms. The number of carbonyl (C=O) groups excluding carboxylic acids is 1. The minimum atomic E-state index is -0.462. The lowest BCUT2D eigenvalue weighted by molar-refractivity contribution is 0.0737. The van der Waals surface area contributed by atoms with Crippen LogP contribution in [-0.2, 0) is 0 Å². The average Bonchev–Trinajstić information content (AvgIpc) is 2.61. The van der Waals surface area contributed by atoms with Crippen LogP contribution < -0.4 is 4.74 Å². The zero-order valence-corrected chi connectivity index (χ0v) is 13.1. The maximum atomic E-state index is 12.5. The van der Waals surface area contributed by atoms with Crippen LogP contribution in [0.15, 0.2) is 72.8 Å². The number of fused-ring (bicyclic) bond motifs is 2. The number of ether oxygens (including phenoxy) is 1. The van der Waals surface area contributed by atoms with E-state index >= 15 is 0 Å². The molecule has 4 aromatic rings. The summed E-state index contributed by atoms with van der Waals surface area (Å²) >= 11 is 0. The van der Waals surface area contributed by atoms with E-state index in [9.17, 15) is 15.0 Å². The minimum Gasteiger partial charge on any atom is -0.508 e. The Morgan fingerprint density at radius 2 is 1.40 bits per heavy atom. The van der Waals surface area contributed by atoms with Crippen molar-refractivity contribution in [1.29, 1.82) is 0 Å². The van der Waals surface area contributed by atoms with Crippen LogP contribution in [0.1, 0.15) is 10.4 Å². The molecule has 4 heteroatoms. The summed E-state index contributed by atoms with van der Waals surface area (Å²) in [5.74, 6) is 0.319. The van der Waals surface area contributed by atoms with Gasteiger partial charge in [-0.3, -0.25) is 0 Å². The molecule has 0 aliphatic heterocycles. The predicted molar refractivity (Wildman–Crippen MR) is 96.2 cm³/mol. The van der Waals surface area contributed by atoms with E-state index in [-0.39, 0.29) is 11.5 Å². The first-order valence-electron chi connectivity index (χ1n) is 7.77. The van der Waals surface area contributed by atoms with Gasteiger partial charge in [0, 0.05) is 5.39 Å². The normalized spacial score (nSPS) is 10.9. The molecule has 0 fully saturated rings. The molecule has 0 aliphatic carbocycles. The maximum Gasteiger partial charge on any atom is 0.343 e. The molecule has 2 N–H and O–H groups in total. The van der Waals surface area contributed by atoms with E-state index < -0.39 is 5.97 Å². The minimum absolute atomic E-state index is 0.161. The van der Waals surface area contributed by atoms with Crippen LogP contribution in [-0.4, -0.2) is 16.2 Å². The molecule has 0 aromatic heterocycles. The highest BCUT2D eigenvalue weighted by Gasteiger charge is 2.12. The van der Waals surface area contributed by atoms with Gasteiger partial charge in [0.05, 0.1) is 5.56 Å². The Morgan fingerprint density at radius 1 is 0.720 bits per heavy atom. The van der Waals surface area contributed by atoms with E-state index in [1.54, 1.807) is 66.7 Å². The van der Waals surface area contributed by atoms with E-state index in [1.165, 1.54) is 0 Å². The van der Waals surface area contributed by atoms with Crippen molar-refractivity contribution in [1.82, 2.24) is 0 Å². The Morgan fingerprint density at radius 3 is 2.24 bits per heavy atom. The van der Waals surface area contributed by atoms with Gasteiger partial charge in [0.15, 0.2) is 0 Å². The van der Waals surface area contributed by atoms with Gasteiger partial charge in [-0.05, 0) is 64.7 Å². The van der Waals surface area contributed by atoms with Crippen molar-refractivity contribution in [3.8, 4) is 17.2 Å². The van der Waals surface area contributed by atoms with Crippen molar-refractivity contribution < 1.29 is 19.7 Å². The first-order valence-corrected chi connectivity index (χ1v) is 7.77. The second-order valence-electron chi connectivity index (χ2n) is 5.80. The summed E-state index contributed by atoms with van der Waals surface area (Å²) < 4.78 is 5.56. The smallest absolute Gasteiger partial charge is 0.343 e. The summed E-state index contributed by atoms with van der Waals surface area (Å²) in [6.45, 7) is 0.